The van der Waals surface area contributed by atoms with Gasteiger partial charge in [-0.3, -0.25) is 0 Å². The highest BCUT2D eigenvalue weighted by Crippen LogP contribution is 2.45. The van der Waals surface area contributed by atoms with Crippen LogP contribution in [0.3, 0.4) is 0 Å². The molecule has 5 nitrogen and oxygen atoms in total. The Morgan fingerprint density at radius 1 is 0.905 bits per heavy atom. The van der Waals surface area contributed by atoms with Crippen LogP contribution in [0, 0.1) is 6.92 Å². The molecule has 0 aromatic heterocycles. The van der Waals surface area contributed by atoms with Crippen molar-refractivity contribution >= 4 is 5.69 Å². The van der Waals surface area contributed by atoms with E-state index in [9.17, 15) is 5.11 Å². The van der Waals surface area contributed by atoms with E-state index in [0.717, 1.165) is 16.7 Å². The van der Waals surface area contributed by atoms with Crippen LogP contribution in [0.1, 0.15) is 5.56 Å². The first-order valence-corrected chi connectivity index (χ1v) is 6.41. The lowest BCUT2D eigenvalue weighted by Crippen LogP contribution is -1.98. The molecule has 0 bridgehead atoms. The molecule has 0 radical (unpaired) electrons. The number of aryl methyl sites for hydroxylation is 1. The standard InChI is InChI=1S/C16H19NO4/c1-9-7-13(18)12(17)8-11(9)10-5-6-14(19-2)16(21-4)15(10)20-3/h5-8,18H,17H2,1-4H3. The van der Waals surface area contributed by atoms with E-state index in [0.29, 0.717) is 22.9 Å². The summed E-state index contributed by atoms with van der Waals surface area (Å²) >= 11 is 0. The van der Waals surface area contributed by atoms with Gasteiger partial charge in [-0.2, -0.15) is 0 Å². The van der Waals surface area contributed by atoms with Crippen LogP contribution in [0.15, 0.2) is 24.3 Å². The molecule has 2 rings (SSSR count). The van der Waals surface area contributed by atoms with Crippen molar-refractivity contribution in [3.63, 3.8) is 0 Å². The Kier molecular flexibility index (Phi) is 4.12. The highest BCUT2D eigenvalue weighted by Gasteiger charge is 2.18. The fourth-order valence-corrected chi connectivity index (χ4v) is 2.31. The fraction of sp³-hybridized carbons (Fsp3) is 0.250. The third-order valence-electron chi connectivity index (χ3n) is 3.37. The molecule has 0 aliphatic rings. The van der Waals surface area contributed by atoms with Gasteiger partial charge in [-0.05, 0) is 42.3 Å². The second kappa shape index (κ2) is 5.83. The van der Waals surface area contributed by atoms with Crippen LogP contribution in [-0.2, 0) is 0 Å². The number of nitrogen functional groups attached to an aromatic ring is 1. The Hall–Kier alpha value is -2.56. The zero-order valence-corrected chi connectivity index (χ0v) is 12.6. The van der Waals surface area contributed by atoms with E-state index >= 15 is 0 Å². The average molecular weight is 289 g/mol. The molecule has 0 aliphatic carbocycles. The molecule has 0 heterocycles. The monoisotopic (exact) mass is 289 g/mol. The molecule has 0 saturated heterocycles. The summed E-state index contributed by atoms with van der Waals surface area (Å²) in [7, 11) is 4.70. The maximum atomic E-state index is 9.68. The zero-order chi connectivity index (χ0) is 15.6. The van der Waals surface area contributed by atoms with Gasteiger partial charge in [0.2, 0.25) is 5.75 Å². The van der Waals surface area contributed by atoms with Gasteiger partial charge < -0.3 is 25.1 Å². The third kappa shape index (κ3) is 2.54. The molecule has 0 atom stereocenters. The molecule has 0 saturated carbocycles. The van der Waals surface area contributed by atoms with Gasteiger partial charge in [-0.1, -0.05) is 0 Å². The van der Waals surface area contributed by atoms with Gasteiger partial charge >= 0.3 is 0 Å². The quantitative estimate of drug-likeness (QED) is 0.668. The van der Waals surface area contributed by atoms with Gasteiger partial charge in [0, 0.05) is 5.56 Å². The van der Waals surface area contributed by atoms with Gasteiger partial charge in [0.25, 0.3) is 0 Å². The van der Waals surface area contributed by atoms with Crippen molar-refractivity contribution < 1.29 is 19.3 Å². The maximum absolute atomic E-state index is 9.68. The highest BCUT2D eigenvalue weighted by molar-refractivity contribution is 5.81. The average Bonchev–Trinajstić information content (AvgIpc) is 2.49. The summed E-state index contributed by atoms with van der Waals surface area (Å²) < 4.78 is 16.1. The molecule has 112 valence electrons. The first kappa shape index (κ1) is 14.8. The number of nitrogens with two attached hydrogens (primary N) is 1. The van der Waals surface area contributed by atoms with Crippen molar-refractivity contribution in [1.82, 2.24) is 0 Å². The summed E-state index contributed by atoms with van der Waals surface area (Å²) in [6.45, 7) is 1.89. The van der Waals surface area contributed by atoms with Crippen LogP contribution >= 0.6 is 0 Å². The number of benzene rings is 2. The Morgan fingerprint density at radius 2 is 1.57 bits per heavy atom. The van der Waals surface area contributed by atoms with E-state index < -0.39 is 0 Å². The normalized spacial score (nSPS) is 10.3. The minimum absolute atomic E-state index is 0.0655. The van der Waals surface area contributed by atoms with E-state index in [4.69, 9.17) is 19.9 Å². The Labute approximate surface area is 123 Å². The smallest absolute Gasteiger partial charge is 0.203 e. The number of ether oxygens (including phenoxy) is 3. The number of hydrogen-bond donors (Lipinski definition) is 2. The number of aromatic hydroxyl groups is 1. The van der Waals surface area contributed by atoms with E-state index in [1.165, 1.54) is 0 Å². The van der Waals surface area contributed by atoms with Crippen molar-refractivity contribution in [2.45, 2.75) is 6.92 Å². The summed E-state index contributed by atoms with van der Waals surface area (Å²) in [5, 5.41) is 9.68. The molecule has 0 unspecified atom stereocenters. The van der Waals surface area contributed by atoms with Crippen molar-refractivity contribution in [1.29, 1.82) is 0 Å². The van der Waals surface area contributed by atoms with Crippen LogP contribution < -0.4 is 19.9 Å². The minimum Gasteiger partial charge on any atom is -0.506 e. The molecule has 0 aliphatic heterocycles. The topological polar surface area (TPSA) is 73.9 Å². The fourth-order valence-electron chi connectivity index (χ4n) is 2.31. The van der Waals surface area contributed by atoms with Crippen LogP contribution in [0.5, 0.6) is 23.0 Å². The lowest BCUT2D eigenvalue weighted by Gasteiger charge is -2.17. The maximum Gasteiger partial charge on any atom is 0.203 e. The Bertz CT molecular complexity index is 668. The highest BCUT2D eigenvalue weighted by atomic mass is 16.5. The van der Waals surface area contributed by atoms with Crippen LogP contribution in [0.2, 0.25) is 0 Å². The first-order valence-electron chi connectivity index (χ1n) is 6.41. The number of rotatable bonds is 4. The summed E-state index contributed by atoms with van der Waals surface area (Å²) in [5.41, 5.74) is 8.68. The molecule has 0 fully saturated rings. The van der Waals surface area contributed by atoms with E-state index in [1.807, 2.05) is 13.0 Å². The SMILES string of the molecule is COc1ccc(-c2cc(N)c(O)cc2C)c(OC)c1OC. The predicted molar refractivity (Wildman–Crippen MR) is 82.3 cm³/mol. The largest absolute Gasteiger partial charge is 0.506 e. The lowest BCUT2D eigenvalue weighted by molar-refractivity contribution is 0.325. The minimum atomic E-state index is 0.0655. The molecular formula is C16H19NO4. The number of methoxy groups -OCH3 is 3. The molecule has 0 spiro atoms. The van der Waals surface area contributed by atoms with Gasteiger partial charge in [0.15, 0.2) is 11.5 Å². The van der Waals surface area contributed by atoms with Crippen LogP contribution in [0.25, 0.3) is 11.1 Å². The second-order valence-electron chi connectivity index (χ2n) is 4.61. The van der Waals surface area contributed by atoms with Crippen molar-refractivity contribution in [2.24, 2.45) is 0 Å². The Balaban J connectivity index is 2.72. The molecule has 5 heteroatoms. The first-order chi connectivity index (χ1) is 10.0. The summed E-state index contributed by atoms with van der Waals surface area (Å²) in [5.74, 6) is 1.73. The summed E-state index contributed by atoms with van der Waals surface area (Å²) in [4.78, 5) is 0. The van der Waals surface area contributed by atoms with Crippen molar-refractivity contribution in [3.05, 3.63) is 29.8 Å². The van der Waals surface area contributed by atoms with Gasteiger partial charge in [-0.25, -0.2) is 0 Å². The van der Waals surface area contributed by atoms with Crippen molar-refractivity contribution in [2.75, 3.05) is 27.1 Å². The van der Waals surface area contributed by atoms with Gasteiger partial charge in [0.1, 0.15) is 5.75 Å². The molecule has 21 heavy (non-hydrogen) atoms. The zero-order valence-electron chi connectivity index (χ0n) is 12.6. The summed E-state index contributed by atoms with van der Waals surface area (Å²) in [6, 6.07) is 7.02. The molecular weight excluding hydrogens is 270 g/mol. The number of hydrogen-bond acceptors (Lipinski definition) is 5. The van der Waals surface area contributed by atoms with Crippen LogP contribution in [0.4, 0.5) is 5.69 Å². The van der Waals surface area contributed by atoms with E-state index in [2.05, 4.69) is 0 Å². The number of phenols is 1. The van der Waals surface area contributed by atoms with E-state index in [-0.39, 0.29) is 5.75 Å². The molecule has 2 aromatic carbocycles. The van der Waals surface area contributed by atoms with Gasteiger partial charge in [-0.15, -0.1) is 0 Å². The lowest BCUT2D eigenvalue weighted by atomic mass is 9.98. The third-order valence-corrected chi connectivity index (χ3v) is 3.37. The second-order valence-corrected chi connectivity index (χ2v) is 4.61. The van der Waals surface area contributed by atoms with Crippen LogP contribution in [-0.4, -0.2) is 26.4 Å². The van der Waals surface area contributed by atoms with E-state index in [1.54, 1.807) is 39.5 Å². The molecule has 3 N–H and O–H groups in total. The van der Waals surface area contributed by atoms with Crippen molar-refractivity contribution in [3.8, 4) is 34.1 Å². The van der Waals surface area contributed by atoms with Gasteiger partial charge in [0.05, 0.1) is 27.0 Å². The summed E-state index contributed by atoms with van der Waals surface area (Å²) in [6.07, 6.45) is 0. The number of anilines is 1. The predicted octanol–water partition coefficient (Wildman–Crippen LogP) is 2.98. The molecule has 0 amide bonds. The number of phenolic OH excluding ortho intramolecular Hbond substituents is 1. The molecule has 2 aromatic rings. The Morgan fingerprint density at radius 3 is 2.14 bits per heavy atom.